The number of hydrogen-bond donors (Lipinski definition) is 1. The molecule has 0 aromatic heterocycles. The van der Waals surface area contributed by atoms with E-state index in [1.165, 1.54) is 25.3 Å². The minimum Gasteiger partial charge on any atom is -0.493 e. The number of nitro groups is 1. The fourth-order valence-corrected chi connectivity index (χ4v) is 1.54. The first-order valence-electron chi connectivity index (χ1n) is 5.23. The van der Waals surface area contributed by atoms with Gasteiger partial charge in [0.2, 0.25) is 5.60 Å². The highest BCUT2D eigenvalue weighted by Gasteiger charge is 2.54. The third-order valence-corrected chi connectivity index (χ3v) is 2.76. The number of carboxylic acid groups (broad SMARTS) is 1. The summed E-state index contributed by atoms with van der Waals surface area (Å²) in [5, 5.41) is 19.6. The lowest BCUT2D eigenvalue weighted by molar-refractivity contribution is -0.385. The van der Waals surface area contributed by atoms with Crippen LogP contribution in [0.25, 0.3) is 0 Å². The number of nitro benzene ring substituents is 1. The molecule has 1 aromatic carbocycles. The van der Waals surface area contributed by atoms with Crippen molar-refractivity contribution >= 4 is 11.7 Å². The molecular weight excluding hydrogens is 242 g/mol. The Balaban J connectivity index is 2.28. The number of carboxylic acids is 1. The van der Waals surface area contributed by atoms with E-state index in [1.807, 2.05) is 0 Å². The lowest BCUT2D eigenvalue weighted by Gasteiger charge is -2.15. The zero-order chi connectivity index (χ0) is 13.3. The molecule has 0 unspecified atom stereocenters. The van der Waals surface area contributed by atoms with Gasteiger partial charge >= 0.3 is 5.97 Å². The van der Waals surface area contributed by atoms with Crippen LogP contribution in [0, 0.1) is 10.1 Å². The number of hydrogen-bond acceptors (Lipinski definition) is 5. The predicted molar refractivity (Wildman–Crippen MR) is 59.9 cm³/mol. The van der Waals surface area contributed by atoms with Gasteiger partial charge in [-0.3, -0.25) is 10.1 Å². The van der Waals surface area contributed by atoms with Crippen LogP contribution in [0.5, 0.6) is 11.5 Å². The molecule has 7 heteroatoms. The molecule has 1 aliphatic carbocycles. The van der Waals surface area contributed by atoms with Crippen molar-refractivity contribution in [1.29, 1.82) is 0 Å². The average Bonchev–Trinajstić information content (AvgIpc) is 3.10. The summed E-state index contributed by atoms with van der Waals surface area (Å²) >= 11 is 0. The fraction of sp³-hybridized carbons (Fsp3) is 0.364. The van der Waals surface area contributed by atoms with Gasteiger partial charge in [0.25, 0.3) is 5.69 Å². The van der Waals surface area contributed by atoms with Crippen molar-refractivity contribution in [3.63, 3.8) is 0 Å². The Labute approximate surface area is 102 Å². The van der Waals surface area contributed by atoms with Crippen LogP contribution in [-0.2, 0) is 4.79 Å². The van der Waals surface area contributed by atoms with Crippen LogP contribution < -0.4 is 9.47 Å². The zero-order valence-electron chi connectivity index (χ0n) is 9.58. The first kappa shape index (κ1) is 12.2. The largest absolute Gasteiger partial charge is 0.493 e. The lowest BCUT2D eigenvalue weighted by atomic mass is 10.2. The molecule has 0 heterocycles. The SMILES string of the molecule is COc1cc([N+](=O)[O-])ccc1OC1(C(=O)O)CC1. The van der Waals surface area contributed by atoms with Crippen LogP contribution >= 0.6 is 0 Å². The number of rotatable bonds is 5. The van der Waals surface area contributed by atoms with Gasteiger partial charge in [0.1, 0.15) is 0 Å². The van der Waals surface area contributed by atoms with Crippen LogP contribution in [0.4, 0.5) is 5.69 Å². The molecule has 2 rings (SSSR count). The minimum absolute atomic E-state index is 0.139. The van der Waals surface area contributed by atoms with Gasteiger partial charge in [0.05, 0.1) is 18.1 Å². The highest BCUT2D eigenvalue weighted by atomic mass is 16.6. The average molecular weight is 253 g/mol. The lowest BCUT2D eigenvalue weighted by Crippen LogP contribution is -2.29. The van der Waals surface area contributed by atoms with E-state index < -0.39 is 16.5 Å². The number of carbonyl (C=O) groups is 1. The Morgan fingerprint density at radius 1 is 1.44 bits per heavy atom. The second-order valence-electron chi connectivity index (χ2n) is 3.99. The van der Waals surface area contributed by atoms with E-state index in [2.05, 4.69) is 0 Å². The van der Waals surface area contributed by atoms with E-state index in [0.717, 1.165) is 0 Å². The zero-order valence-corrected chi connectivity index (χ0v) is 9.58. The Kier molecular flexibility index (Phi) is 2.82. The summed E-state index contributed by atoms with van der Waals surface area (Å²) < 4.78 is 10.4. The second kappa shape index (κ2) is 4.17. The number of methoxy groups -OCH3 is 1. The summed E-state index contributed by atoms with van der Waals surface area (Å²) in [5.41, 5.74) is -1.34. The maximum absolute atomic E-state index is 11.0. The molecule has 0 atom stereocenters. The quantitative estimate of drug-likeness (QED) is 0.632. The Hall–Kier alpha value is -2.31. The number of ether oxygens (including phenoxy) is 2. The molecule has 0 bridgehead atoms. The fourth-order valence-electron chi connectivity index (χ4n) is 1.54. The number of aliphatic carboxylic acids is 1. The molecule has 18 heavy (non-hydrogen) atoms. The van der Waals surface area contributed by atoms with Gasteiger partial charge in [-0.1, -0.05) is 0 Å². The molecule has 0 aliphatic heterocycles. The molecule has 0 saturated heterocycles. The van der Waals surface area contributed by atoms with Crippen LogP contribution in [0.3, 0.4) is 0 Å². The minimum atomic E-state index is -1.20. The molecule has 1 aromatic rings. The first-order valence-corrected chi connectivity index (χ1v) is 5.23. The summed E-state index contributed by atoms with van der Waals surface area (Å²) in [6, 6.07) is 3.79. The van der Waals surface area contributed by atoms with Gasteiger partial charge in [0.15, 0.2) is 11.5 Å². The molecule has 0 amide bonds. The highest BCUT2D eigenvalue weighted by molar-refractivity contribution is 5.81. The van der Waals surface area contributed by atoms with E-state index in [-0.39, 0.29) is 17.2 Å². The van der Waals surface area contributed by atoms with Crippen molar-refractivity contribution in [3.8, 4) is 11.5 Å². The van der Waals surface area contributed by atoms with Crippen molar-refractivity contribution in [1.82, 2.24) is 0 Å². The van der Waals surface area contributed by atoms with Crippen molar-refractivity contribution in [2.45, 2.75) is 18.4 Å². The number of nitrogens with zero attached hydrogens (tertiary/aromatic N) is 1. The topological polar surface area (TPSA) is 98.9 Å². The molecule has 7 nitrogen and oxygen atoms in total. The Bertz CT molecular complexity index is 508. The molecule has 1 N–H and O–H groups in total. The van der Waals surface area contributed by atoms with Gasteiger partial charge < -0.3 is 14.6 Å². The summed E-state index contributed by atoms with van der Waals surface area (Å²) in [7, 11) is 1.34. The molecule has 0 radical (unpaired) electrons. The molecule has 1 saturated carbocycles. The van der Waals surface area contributed by atoms with Gasteiger partial charge in [0, 0.05) is 18.9 Å². The molecule has 1 aliphatic rings. The van der Waals surface area contributed by atoms with Crippen molar-refractivity contribution < 1.29 is 24.3 Å². The summed E-state index contributed by atoms with van der Waals surface area (Å²) in [6.45, 7) is 0. The third-order valence-electron chi connectivity index (χ3n) is 2.76. The normalized spacial score (nSPS) is 15.8. The van der Waals surface area contributed by atoms with Gasteiger partial charge in [-0.15, -0.1) is 0 Å². The van der Waals surface area contributed by atoms with Crippen molar-refractivity contribution in [2.75, 3.05) is 7.11 Å². The molecule has 96 valence electrons. The van der Waals surface area contributed by atoms with Gasteiger partial charge in [-0.05, 0) is 6.07 Å². The molecular formula is C11H11NO6. The van der Waals surface area contributed by atoms with E-state index in [0.29, 0.717) is 12.8 Å². The van der Waals surface area contributed by atoms with Gasteiger partial charge in [-0.2, -0.15) is 0 Å². The summed E-state index contributed by atoms with van der Waals surface area (Å²) in [5.74, 6) is -0.692. The molecule has 1 fully saturated rings. The van der Waals surface area contributed by atoms with Crippen molar-refractivity contribution in [3.05, 3.63) is 28.3 Å². The van der Waals surface area contributed by atoms with E-state index in [9.17, 15) is 14.9 Å². The number of non-ortho nitro benzene ring substituents is 1. The van der Waals surface area contributed by atoms with Crippen molar-refractivity contribution in [2.24, 2.45) is 0 Å². The smallest absolute Gasteiger partial charge is 0.348 e. The standard InChI is InChI=1S/C11H11NO6/c1-17-9-6-7(12(15)16)2-3-8(9)18-11(4-5-11)10(13)14/h2-3,6H,4-5H2,1H3,(H,13,14). The maximum atomic E-state index is 11.0. The monoisotopic (exact) mass is 253 g/mol. The highest BCUT2D eigenvalue weighted by Crippen LogP contribution is 2.43. The maximum Gasteiger partial charge on any atom is 0.348 e. The number of benzene rings is 1. The summed E-state index contributed by atoms with van der Waals surface area (Å²) in [4.78, 5) is 21.0. The van der Waals surface area contributed by atoms with E-state index >= 15 is 0 Å². The van der Waals surface area contributed by atoms with Crippen LogP contribution in [0.15, 0.2) is 18.2 Å². The van der Waals surface area contributed by atoms with Crippen LogP contribution in [0.2, 0.25) is 0 Å². The first-order chi connectivity index (χ1) is 8.48. The Morgan fingerprint density at radius 3 is 2.56 bits per heavy atom. The Morgan fingerprint density at radius 2 is 2.11 bits per heavy atom. The summed E-state index contributed by atoms with van der Waals surface area (Å²) in [6.07, 6.45) is 0.838. The van der Waals surface area contributed by atoms with Crippen LogP contribution in [0.1, 0.15) is 12.8 Å². The third kappa shape index (κ3) is 2.06. The molecule has 0 spiro atoms. The van der Waals surface area contributed by atoms with Gasteiger partial charge in [-0.25, -0.2) is 4.79 Å². The van der Waals surface area contributed by atoms with E-state index in [1.54, 1.807) is 0 Å². The second-order valence-corrected chi connectivity index (χ2v) is 3.99. The van der Waals surface area contributed by atoms with Crippen LogP contribution in [-0.4, -0.2) is 28.7 Å². The van der Waals surface area contributed by atoms with E-state index in [4.69, 9.17) is 14.6 Å². The predicted octanol–water partition coefficient (Wildman–Crippen LogP) is 1.60.